The molecule has 2 atom stereocenters. The van der Waals surface area contributed by atoms with Crippen molar-refractivity contribution in [2.45, 2.75) is 25.3 Å². The second-order valence-electron chi connectivity index (χ2n) is 6.08. The monoisotopic (exact) mass is 294 g/mol. The van der Waals surface area contributed by atoms with Gasteiger partial charge in [-0.3, -0.25) is 4.79 Å². The minimum atomic E-state index is 0.0776. The highest BCUT2D eigenvalue weighted by atomic mass is 16.2. The molecule has 1 saturated carbocycles. The zero-order chi connectivity index (χ0) is 15.5. The van der Waals surface area contributed by atoms with Gasteiger partial charge in [0.1, 0.15) is 0 Å². The summed E-state index contributed by atoms with van der Waals surface area (Å²) >= 11 is 0. The summed E-state index contributed by atoms with van der Waals surface area (Å²) in [5, 5.41) is 0. The van der Waals surface area contributed by atoms with E-state index in [4.69, 9.17) is 5.73 Å². The Bertz CT molecular complexity index is 636. The molecule has 3 rings (SSSR count). The smallest absolute Gasteiger partial charge is 0.229 e. The molecule has 114 valence electrons. The van der Waals surface area contributed by atoms with Crippen LogP contribution in [0.3, 0.4) is 0 Å². The van der Waals surface area contributed by atoms with Crippen LogP contribution < -0.4 is 10.6 Å². The lowest BCUT2D eigenvalue weighted by Gasteiger charge is -2.21. The maximum absolute atomic E-state index is 12.5. The van der Waals surface area contributed by atoms with E-state index in [1.54, 1.807) is 4.90 Å². The van der Waals surface area contributed by atoms with Crippen LogP contribution in [0.5, 0.6) is 0 Å². The molecule has 1 fully saturated rings. The van der Waals surface area contributed by atoms with Crippen LogP contribution in [0.25, 0.3) is 11.1 Å². The van der Waals surface area contributed by atoms with Crippen LogP contribution in [0.1, 0.15) is 19.3 Å². The Morgan fingerprint density at radius 2 is 1.64 bits per heavy atom. The Morgan fingerprint density at radius 3 is 2.23 bits per heavy atom. The van der Waals surface area contributed by atoms with Crippen LogP contribution in [0.4, 0.5) is 5.69 Å². The van der Waals surface area contributed by atoms with Gasteiger partial charge in [-0.15, -0.1) is 0 Å². The Kier molecular flexibility index (Phi) is 4.25. The Morgan fingerprint density at radius 1 is 1.00 bits per heavy atom. The molecule has 22 heavy (non-hydrogen) atoms. The summed E-state index contributed by atoms with van der Waals surface area (Å²) < 4.78 is 0. The van der Waals surface area contributed by atoms with Crippen LogP contribution in [0.2, 0.25) is 0 Å². The van der Waals surface area contributed by atoms with Gasteiger partial charge < -0.3 is 10.6 Å². The SMILES string of the molecule is CN(C(=O)[C@@H]1CC[C@H](N)C1)c1ccc(-c2ccccc2)cc1. The van der Waals surface area contributed by atoms with E-state index in [0.29, 0.717) is 0 Å². The van der Waals surface area contributed by atoms with Crippen molar-refractivity contribution in [1.82, 2.24) is 0 Å². The summed E-state index contributed by atoms with van der Waals surface area (Å²) in [5.74, 6) is 0.259. The van der Waals surface area contributed by atoms with Gasteiger partial charge in [-0.1, -0.05) is 42.5 Å². The highest BCUT2D eigenvalue weighted by molar-refractivity contribution is 5.95. The van der Waals surface area contributed by atoms with Crippen LogP contribution in [0, 0.1) is 5.92 Å². The second kappa shape index (κ2) is 6.32. The number of anilines is 1. The van der Waals surface area contributed by atoms with Crippen molar-refractivity contribution in [3.63, 3.8) is 0 Å². The number of carbonyl (C=O) groups is 1. The van der Waals surface area contributed by atoms with Gasteiger partial charge in [0.25, 0.3) is 0 Å². The number of hydrogen-bond acceptors (Lipinski definition) is 2. The largest absolute Gasteiger partial charge is 0.328 e. The molecule has 0 bridgehead atoms. The molecule has 0 heterocycles. The maximum atomic E-state index is 12.5. The molecular formula is C19H22N2O. The van der Waals surface area contributed by atoms with Gasteiger partial charge in [0.15, 0.2) is 0 Å². The summed E-state index contributed by atoms with van der Waals surface area (Å²) in [6.07, 6.45) is 2.68. The Labute approximate surface area is 131 Å². The van der Waals surface area contributed by atoms with Crippen LogP contribution >= 0.6 is 0 Å². The average molecular weight is 294 g/mol. The number of nitrogens with zero attached hydrogens (tertiary/aromatic N) is 1. The second-order valence-corrected chi connectivity index (χ2v) is 6.08. The number of rotatable bonds is 3. The molecule has 0 spiro atoms. The van der Waals surface area contributed by atoms with Gasteiger partial charge in [0, 0.05) is 24.7 Å². The van der Waals surface area contributed by atoms with E-state index in [9.17, 15) is 4.79 Å². The molecular weight excluding hydrogens is 272 g/mol. The number of carbonyl (C=O) groups excluding carboxylic acids is 1. The summed E-state index contributed by atoms with van der Waals surface area (Å²) in [7, 11) is 1.85. The van der Waals surface area contributed by atoms with Crippen molar-refractivity contribution in [2.24, 2.45) is 11.7 Å². The lowest BCUT2D eigenvalue weighted by Crippen LogP contribution is -2.32. The molecule has 1 aliphatic rings. The number of benzene rings is 2. The molecule has 0 aromatic heterocycles. The molecule has 0 radical (unpaired) electrons. The summed E-state index contributed by atoms with van der Waals surface area (Å²) in [4.78, 5) is 14.3. The fourth-order valence-corrected chi connectivity index (χ4v) is 3.15. The topological polar surface area (TPSA) is 46.3 Å². The van der Waals surface area contributed by atoms with E-state index in [0.717, 1.165) is 30.5 Å². The van der Waals surface area contributed by atoms with Crippen LogP contribution in [-0.4, -0.2) is 19.0 Å². The molecule has 1 aliphatic carbocycles. The molecule has 0 aliphatic heterocycles. The third kappa shape index (κ3) is 3.04. The van der Waals surface area contributed by atoms with Crippen molar-refractivity contribution in [3.8, 4) is 11.1 Å². The predicted octanol–water partition coefficient (Wildman–Crippen LogP) is 3.44. The maximum Gasteiger partial charge on any atom is 0.229 e. The molecule has 2 N–H and O–H groups in total. The highest BCUT2D eigenvalue weighted by Gasteiger charge is 2.30. The lowest BCUT2D eigenvalue weighted by atomic mass is 10.0. The Hall–Kier alpha value is -2.13. The molecule has 3 heteroatoms. The van der Waals surface area contributed by atoms with Gasteiger partial charge in [0.05, 0.1) is 0 Å². The zero-order valence-electron chi connectivity index (χ0n) is 12.9. The standard InChI is InChI=1S/C19H22N2O/c1-21(19(22)16-7-10-17(20)13-16)18-11-8-15(9-12-18)14-5-3-2-4-6-14/h2-6,8-9,11-12,16-17H,7,10,13,20H2,1H3/t16-,17+/m1/s1. The molecule has 2 aromatic carbocycles. The fraction of sp³-hybridized carbons (Fsp3) is 0.316. The molecule has 1 amide bonds. The van der Waals surface area contributed by atoms with Crippen molar-refractivity contribution in [3.05, 3.63) is 54.6 Å². The number of hydrogen-bond donors (Lipinski definition) is 1. The minimum Gasteiger partial charge on any atom is -0.328 e. The van der Waals surface area contributed by atoms with E-state index in [-0.39, 0.29) is 17.9 Å². The minimum absolute atomic E-state index is 0.0776. The number of nitrogens with two attached hydrogens (primary N) is 1. The predicted molar refractivity (Wildman–Crippen MR) is 90.6 cm³/mol. The van der Waals surface area contributed by atoms with Crippen molar-refractivity contribution < 1.29 is 4.79 Å². The van der Waals surface area contributed by atoms with E-state index in [1.165, 1.54) is 5.56 Å². The Balaban J connectivity index is 1.73. The van der Waals surface area contributed by atoms with Crippen LogP contribution in [-0.2, 0) is 4.79 Å². The first-order valence-electron chi connectivity index (χ1n) is 7.84. The third-order valence-corrected chi connectivity index (χ3v) is 4.51. The van der Waals surface area contributed by atoms with Crippen molar-refractivity contribution in [2.75, 3.05) is 11.9 Å². The van der Waals surface area contributed by atoms with Crippen LogP contribution in [0.15, 0.2) is 54.6 Å². The van der Waals surface area contributed by atoms with E-state index >= 15 is 0 Å². The molecule has 0 saturated heterocycles. The van der Waals surface area contributed by atoms with E-state index in [1.807, 2.05) is 37.4 Å². The summed E-state index contributed by atoms with van der Waals surface area (Å²) in [6, 6.07) is 18.6. The summed E-state index contributed by atoms with van der Waals surface area (Å²) in [6.45, 7) is 0. The first-order valence-corrected chi connectivity index (χ1v) is 7.84. The van der Waals surface area contributed by atoms with Gasteiger partial charge in [-0.25, -0.2) is 0 Å². The highest BCUT2D eigenvalue weighted by Crippen LogP contribution is 2.28. The summed E-state index contributed by atoms with van der Waals surface area (Å²) in [5.41, 5.74) is 9.20. The lowest BCUT2D eigenvalue weighted by molar-refractivity contribution is -0.121. The van der Waals surface area contributed by atoms with Gasteiger partial charge in [-0.2, -0.15) is 0 Å². The van der Waals surface area contributed by atoms with Crippen molar-refractivity contribution in [1.29, 1.82) is 0 Å². The van der Waals surface area contributed by atoms with E-state index in [2.05, 4.69) is 24.3 Å². The van der Waals surface area contributed by atoms with Gasteiger partial charge >= 0.3 is 0 Å². The van der Waals surface area contributed by atoms with E-state index < -0.39 is 0 Å². The number of amides is 1. The quantitative estimate of drug-likeness (QED) is 0.942. The molecule has 0 unspecified atom stereocenters. The first kappa shape index (κ1) is 14.8. The fourth-order valence-electron chi connectivity index (χ4n) is 3.15. The zero-order valence-corrected chi connectivity index (χ0v) is 12.9. The normalized spacial score (nSPS) is 20.8. The van der Waals surface area contributed by atoms with Gasteiger partial charge in [0.2, 0.25) is 5.91 Å². The van der Waals surface area contributed by atoms with Crippen molar-refractivity contribution >= 4 is 11.6 Å². The van der Waals surface area contributed by atoms with Gasteiger partial charge in [-0.05, 0) is 42.5 Å². The first-order chi connectivity index (χ1) is 10.6. The molecule has 3 nitrogen and oxygen atoms in total. The average Bonchev–Trinajstić information content (AvgIpc) is 3.01. The third-order valence-electron chi connectivity index (χ3n) is 4.51. The molecule has 2 aromatic rings.